The summed E-state index contributed by atoms with van der Waals surface area (Å²) < 4.78 is 15.6. The topological polar surface area (TPSA) is 49.4 Å². The third kappa shape index (κ3) is 8.12. The first kappa shape index (κ1) is 14.5. The van der Waals surface area contributed by atoms with Gasteiger partial charge in [0.25, 0.3) is 0 Å². The van der Waals surface area contributed by atoms with Crippen LogP contribution in [-0.2, 0) is 9.09 Å². The summed E-state index contributed by atoms with van der Waals surface area (Å²) in [6.45, 7) is 7.64. The van der Waals surface area contributed by atoms with Gasteiger partial charge in [-0.1, -0.05) is 27.7 Å². The van der Waals surface area contributed by atoms with Crippen molar-refractivity contribution in [3.8, 4) is 0 Å². The van der Waals surface area contributed by atoms with Gasteiger partial charge in [-0.05, 0) is 5.41 Å². The van der Waals surface area contributed by atoms with Crippen molar-refractivity contribution in [1.82, 2.24) is 0 Å². The van der Waals surface area contributed by atoms with E-state index in [1.807, 2.05) is 20.8 Å². The molecular formula is C8H19O3P. The third-order valence-electron chi connectivity index (χ3n) is 1.08. The van der Waals surface area contributed by atoms with Crippen molar-refractivity contribution in [2.75, 3.05) is 12.8 Å². The Morgan fingerprint density at radius 2 is 1.83 bits per heavy atom. The van der Waals surface area contributed by atoms with Crippen LogP contribution in [0, 0.1) is 12.8 Å². The lowest BCUT2D eigenvalue weighted by molar-refractivity contribution is -0.200. The molecule has 3 nitrogen and oxygen atoms in total. The van der Waals surface area contributed by atoms with Crippen molar-refractivity contribution in [1.29, 1.82) is 0 Å². The summed E-state index contributed by atoms with van der Waals surface area (Å²) in [5, 5.41) is 0. The zero-order valence-corrected chi connectivity index (χ0v) is 9.48. The summed E-state index contributed by atoms with van der Waals surface area (Å²) >= 11 is 0. The van der Waals surface area contributed by atoms with Crippen molar-refractivity contribution in [2.45, 2.75) is 27.7 Å². The SMILES string of the molecule is CCP(=O)([O-])OCC(C)(C)C.[CH3+]. The van der Waals surface area contributed by atoms with Crippen LogP contribution in [0.15, 0.2) is 0 Å². The van der Waals surface area contributed by atoms with E-state index in [0.717, 1.165) is 0 Å². The monoisotopic (exact) mass is 194 g/mol. The van der Waals surface area contributed by atoms with Crippen LogP contribution < -0.4 is 4.89 Å². The van der Waals surface area contributed by atoms with Gasteiger partial charge in [0.1, 0.15) is 7.60 Å². The van der Waals surface area contributed by atoms with E-state index in [9.17, 15) is 9.46 Å². The standard InChI is InChI=1S/C7H17O3P.CH3/c1-5-11(8,9)10-6-7(2,3)4;/h5-6H2,1-4H3,(H,8,9);1H3/q;+1/p-1. The van der Waals surface area contributed by atoms with Crippen LogP contribution in [0.25, 0.3) is 0 Å². The maximum atomic E-state index is 10.9. The lowest BCUT2D eigenvalue weighted by Gasteiger charge is -2.26. The van der Waals surface area contributed by atoms with Gasteiger partial charge >= 0.3 is 0 Å². The van der Waals surface area contributed by atoms with Gasteiger partial charge in [-0.25, -0.2) is 0 Å². The third-order valence-corrected chi connectivity index (χ3v) is 2.38. The van der Waals surface area contributed by atoms with Crippen LogP contribution >= 0.6 is 7.60 Å². The summed E-state index contributed by atoms with van der Waals surface area (Å²) in [5.41, 5.74) is -0.0881. The van der Waals surface area contributed by atoms with Crippen LogP contribution in [0.1, 0.15) is 27.7 Å². The average molecular weight is 194 g/mol. The van der Waals surface area contributed by atoms with Crippen molar-refractivity contribution < 1.29 is 14.0 Å². The number of hydrogen-bond donors (Lipinski definition) is 0. The van der Waals surface area contributed by atoms with Crippen molar-refractivity contribution >= 4 is 7.60 Å². The Bertz CT molecular complexity index is 160. The molecule has 0 aromatic heterocycles. The highest BCUT2D eigenvalue weighted by Crippen LogP contribution is 2.37. The minimum atomic E-state index is -3.52. The van der Waals surface area contributed by atoms with E-state index in [0.29, 0.717) is 0 Å². The Labute approximate surface area is 75.7 Å². The molecular weight excluding hydrogens is 175 g/mol. The second-order valence-electron chi connectivity index (χ2n) is 3.76. The fraction of sp³-hybridized carbons (Fsp3) is 0.875. The Balaban J connectivity index is 0. The molecule has 1 atom stereocenters. The predicted molar refractivity (Wildman–Crippen MR) is 50.0 cm³/mol. The van der Waals surface area contributed by atoms with Crippen molar-refractivity contribution in [3.63, 3.8) is 0 Å². The molecule has 0 rings (SSSR count). The Hall–Kier alpha value is 0.0200. The fourth-order valence-corrected chi connectivity index (χ4v) is 1.15. The van der Waals surface area contributed by atoms with Gasteiger partial charge in [-0.3, -0.25) is 0 Å². The number of hydrogen-bond acceptors (Lipinski definition) is 3. The first-order chi connectivity index (χ1) is 4.77. The first-order valence-corrected chi connectivity index (χ1v) is 5.44. The maximum Gasteiger partial charge on any atom is 0.134 e. The average Bonchev–Trinajstić information content (AvgIpc) is 1.83. The molecule has 74 valence electrons. The molecule has 0 radical (unpaired) electrons. The normalized spacial score (nSPS) is 16.4. The first-order valence-electron chi connectivity index (χ1n) is 3.71. The molecule has 12 heavy (non-hydrogen) atoms. The lowest BCUT2D eigenvalue weighted by atomic mass is 9.99. The second-order valence-corrected chi connectivity index (χ2v) is 5.87. The summed E-state index contributed by atoms with van der Waals surface area (Å²) in [6.07, 6.45) is 0.0725. The molecule has 0 fully saturated rings. The minimum absolute atomic E-state index is 0. The lowest BCUT2D eigenvalue weighted by Crippen LogP contribution is -2.17. The Kier molecular flexibility index (Phi) is 5.94. The highest BCUT2D eigenvalue weighted by molar-refractivity contribution is 7.51. The van der Waals surface area contributed by atoms with Crippen molar-refractivity contribution in [2.24, 2.45) is 5.41 Å². The molecule has 0 heterocycles. The molecule has 0 spiro atoms. The van der Waals surface area contributed by atoms with E-state index >= 15 is 0 Å². The molecule has 0 amide bonds. The van der Waals surface area contributed by atoms with Crippen LogP contribution in [0.3, 0.4) is 0 Å². The summed E-state index contributed by atoms with van der Waals surface area (Å²) in [7, 11) is -3.52. The molecule has 0 aliphatic rings. The highest BCUT2D eigenvalue weighted by atomic mass is 31.2. The summed E-state index contributed by atoms with van der Waals surface area (Å²) in [6, 6.07) is 0. The molecule has 1 unspecified atom stereocenters. The second kappa shape index (κ2) is 4.90. The van der Waals surface area contributed by atoms with Crippen molar-refractivity contribution in [3.05, 3.63) is 7.43 Å². The molecule has 4 heteroatoms. The van der Waals surface area contributed by atoms with Crippen LogP contribution in [0.5, 0.6) is 0 Å². The largest absolute Gasteiger partial charge is 0.779 e. The van der Waals surface area contributed by atoms with E-state index in [-0.39, 0.29) is 25.6 Å². The van der Waals surface area contributed by atoms with E-state index < -0.39 is 7.60 Å². The zero-order chi connectivity index (χ0) is 9.12. The van der Waals surface area contributed by atoms with Gasteiger partial charge < -0.3 is 14.0 Å². The summed E-state index contributed by atoms with van der Waals surface area (Å²) in [4.78, 5) is 10.9. The molecule has 0 bridgehead atoms. The highest BCUT2D eigenvalue weighted by Gasteiger charge is 2.14. The van der Waals surface area contributed by atoms with Gasteiger partial charge in [0.2, 0.25) is 0 Å². The maximum absolute atomic E-state index is 10.9. The predicted octanol–water partition coefficient (Wildman–Crippen LogP) is 2.07. The molecule has 0 N–H and O–H groups in total. The van der Waals surface area contributed by atoms with Gasteiger partial charge in [0, 0.05) is 13.6 Å². The van der Waals surface area contributed by atoms with Crippen LogP contribution in [0.4, 0.5) is 0 Å². The minimum Gasteiger partial charge on any atom is -0.779 e. The quantitative estimate of drug-likeness (QED) is 0.510. The smallest absolute Gasteiger partial charge is 0.134 e. The van der Waals surface area contributed by atoms with E-state index in [2.05, 4.69) is 0 Å². The van der Waals surface area contributed by atoms with E-state index in [4.69, 9.17) is 4.52 Å². The molecule has 0 aromatic rings. The van der Waals surface area contributed by atoms with Crippen LogP contribution in [-0.4, -0.2) is 12.8 Å². The van der Waals surface area contributed by atoms with Gasteiger partial charge in [-0.15, -0.1) is 0 Å². The summed E-state index contributed by atoms with van der Waals surface area (Å²) in [5.74, 6) is 0. The molecule has 0 saturated heterocycles. The van der Waals surface area contributed by atoms with Crippen LogP contribution in [0.2, 0.25) is 0 Å². The van der Waals surface area contributed by atoms with Gasteiger partial charge in [0.15, 0.2) is 0 Å². The van der Waals surface area contributed by atoms with E-state index in [1.54, 1.807) is 6.92 Å². The van der Waals surface area contributed by atoms with E-state index in [1.165, 1.54) is 0 Å². The zero-order valence-electron chi connectivity index (χ0n) is 8.59. The molecule has 0 saturated carbocycles. The molecule has 0 aliphatic heterocycles. The Morgan fingerprint density at radius 3 is 2.08 bits per heavy atom. The van der Waals surface area contributed by atoms with Gasteiger partial charge in [-0.2, -0.15) is 0 Å². The fourth-order valence-electron chi connectivity index (χ4n) is 0.383. The Morgan fingerprint density at radius 1 is 1.42 bits per heavy atom. The van der Waals surface area contributed by atoms with Gasteiger partial charge in [0.05, 0.1) is 6.61 Å². The number of rotatable bonds is 3. The molecule has 0 aliphatic carbocycles. The molecule has 0 aromatic carbocycles.